The fourth-order valence-corrected chi connectivity index (χ4v) is 1.30. The maximum absolute atomic E-state index is 3.72. The van der Waals surface area contributed by atoms with Crippen molar-refractivity contribution in [1.29, 1.82) is 0 Å². The Labute approximate surface area is 142 Å². The molecule has 2 aromatic rings. The predicted molar refractivity (Wildman–Crippen MR) is 83.4 cm³/mol. The second-order valence-corrected chi connectivity index (χ2v) is 3.97. The third kappa shape index (κ3) is 10.5. The van der Waals surface area contributed by atoms with Crippen molar-refractivity contribution < 1.29 is 25.8 Å². The molecule has 0 amide bonds. The summed E-state index contributed by atoms with van der Waals surface area (Å²) in [4.78, 5) is 0. The van der Waals surface area contributed by atoms with Gasteiger partial charge in [-0.2, -0.15) is 55.3 Å². The Morgan fingerprint density at radius 1 is 0.750 bits per heavy atom. The Hall–Kier alpha value is -1.47. The molecule has 0 N–H and O–H groups in total. The van der Waals surface area contributed by atoms with E-state index < -0.39 is 0 Å². The molecule has 0 spiro atoms. The van der Waals surface area contributed by atoms with Crippen molar-refractivity contribution in [3.63, 3.8) is 0 Å². The summed E-state index contributed by atoms with van der Waals surface area (Å²) in [5, 5.41) is 0. The number of hydrogen-bond acceptors (Lipinski definition) is 0. The largest absolute Gasteiger partial charge is 0.273 e. The van der Waals surface area contributed by atoms with Gasteiger partial charge in [-0.3, -0.25) is 6.08 Å². The molecule has 3 rings (SSSR count). The molecule has 102 valence electrons. The number of rotatable bonds is 0. The van der Waals surface area contributed by atoms with Gasteiger partial charge in [0.05, 0.1) is 0 Å². The number of benzene rings is 2. The van der Waals surface area contributed by atoms with E-state index in [0.29, 0.717) is 0 Å². The van der Waals surface area contributed by atoms with Crippen LogP contribution in [0.5, 0.6) is 0 Å². The maximum atomic E-state index is 3.72. The SMILES string of the molecule is [C-]1=CC=CC1.[CH2-]c1ccccc1.[CH2-]c1ccccc1.[Hf]. The molecule has 0 heterocycles. The van der Waals surface area contributed by atoms with Gasteiger partial charge in [0.25, 0.3) is 0 Å². The minimum absolute atomic E-state index is 0. The quantitative estimate of drug-likeness (QED) is 0.410. The van der Waals surface area contributed by atoms with Crippen LogP contribution >= 0.6 is 0 Å². The van der Waals surface area contributed by atoms with Gasteiger partial charge in [-0.25, -0.2) is 12.2 Å². The van der Waals surface area contributed by atoms with Gasteiger partial charge < -0.3 is 0 Å². The average Bonchev–Trinajstić information content (AvgIpc) is 3.00. The minimum Gasteiger partial charge on any atom is -0.273 e. The standard InChI is InChI=1S/2C7H7.C5H5.Hf/c2*1-7-5-3-2-4-6-7;1-2-4-5-3-1;/h2*2-6H,1H2;1-3H,4H2;/q3*-1;. The molecule has 20 heavy (non-hydrogen) atoms. The normalized spacial score (nSPS) is 10.4. The molecule has 1 aliphatic carbocycles. The van der Waals surface area contributed by atoms with Crippen LogP contribution in [0.2, 0.25) is 0 Å². The van der Waals surface area contributed by atoms with Crippen LogP contribution in [0, 0.1) is 19.9 Å². The monoisotopic (exact) mass is 427 g/mol. The van der Waals surface area contributed by atoms with Crippen molar-refractivity contribution in [3.8, 4) is 0 Å². The first-order valence-corrected chi connectivity index (χ1v) is 6.25. The molecule has 0 aliphatic heterocycles. The molecule has 0 fully saturated rings. The van der Waals surface area contributed by atoms with E-state index >= 15 is 0 Å². The molecular formula is C19H19Hf-3. The summed E-state index contributed by atoms with van der Waals surface area (Å²) in [6.45, 7) is 7.44. The van der Waals surface area contributed by atoms with Crippen LogP contribution in [0.3, 0.4) is 0 Å². The van der Waals surface area contributed by atoms with Gasteiger partial charge >= 0.3 is 0 Å². The van der Waals surface area contributed by atoms with Gasteiger partial charge in [0.1, 0.15) is 0 Å². The summed E-state index contributed by atoms with van der Waals surface area (Å²) in [5.41, 5.74) is 2.14. The Morgan fingerprint density at radius 2 is 1.20 bits per heavy atom. The van der Waals surface area contributed by atoms with Gasteiger partial charge in [0, 0.05) is 25.8 Å². The second-order valence-electron chi connectivity index (χ2n) is 3.97. The zero-order valence-electron chi connectivity index (χ0n) is 11.6. The summed E-state index contributed by atoms with van der Waals surface area (Å²) in [5.74, 6) is 0. The van der Waals surface area contributed by atoms with E-state index in [1.165, 1.54) is 0 Å². The Kier molecular flexibility index (Phi) is 11.6. The summed E-state index contributed by atoms with van der Waals surface area (Å²) < 4.78 is 0. The van der Waals surface area contributed by atoms with E-state index in [0.717, 1.165) is 17.5 Å². The summed E-state index contributed by atoms with van der Waals surface area (Å²) >= 11 is 0. The maximum Gasteiger partial charge on any atom is 0 e. The van der Waals surface area contributed by atoms with Crippen molar-refractivity contribution in [2.75, 3.05) is 0 Å². The first-order chi connectivity index (χ1) is 9.29. The van der Waals surface area contributed by atoms with Crippen LogP contribution in [0.1, 0.15) is 17.5 Å². The third-order valence-electron chi connectivity index (χ3n) is 2.27. The van der Waals surface area contributed by atoms with E-state index in [1.54, 1.807) is 0 Å². The molecule has 0 aromatic heterocycles. The first kappa shape index (κ1) is 18.5. The zero-order valence-corrected chi connectivity index (χ0v) is 15.2. The van der Waals surface area contributed by atoms with Gasteiger partial charge in [0.2, 0.25) is 0 Å². The number of hydrogen-bond donors (Lipinski definition) is 0. The summed E-state index contributed by atoms with van der Waals surface area (Å²) in [6.07, 6.45) is 10.0. The van der Waals surface area contributed by atoms with E-state index in [1.807, 2.05) is 72.8 Å². The molecule has 2 aromatic carbocycles. The minimum atomic E-state index is 0. The Bertz CT molecular complexity index is 436. The van der Waals surface area contributed by atoms with Crippen molar-refractivity contribution in [3.05, 3.63) is 110 Å². The number of allylic oxidation sites excluding steroid dienone is 4. The molecule has 0 atom stereocenters. The molecule has 1 aliphatic rings. The van der Waals surface area contributed by atoms with Gasteiger partial charge in [-0.05, 0) is 0 Å². The fourth-order valence-electron chi connectivity index (χ4n) is 1.30. The molecule has 0 saturated heterocycles. The fraction of sp³-hybridized carbons (Fsp3) is 0.0526. The van der Waals surface area contributed by atoms with Crippen LogP contribution in [0.4, 0.5) is 0 Å². The van der Waals surface area contributed by atoms with Gasteiger partial charge in [0.15, 0.2) is 0 Å². The topological polar surface area (TPSA) is 0 Å². The van der Waals surface area contributed by atoms with Crippen molar-refractivity contribution in [2.45, 2.75) is 6.42 Å². The van der Waals surface area contributed by atoms with Crippen molar-refractivity contribution in [2.24, 2.45) is 0 Å². The molecular weight excluding hydrogens is 407 g/mol. The van der Waals surface area contributed by atoms with Crippen LogP contribution in [0.15, 0.2) is 78.9 Å². The predicted octanol–water partition coefficient (Wildman–Crippen LogP) is 5.04. The summed E-state index contributed by atoms with van der Waals surface area (Å²) in [7, 11) is 0. The molecule has 0 unspecified atom stereocenters. The van der Waals surface area contributed by atoms with E-state index in [9.17, 15) is 0 Å². The van der Waals surface area contributed by atoms with E-state index in [-0.39, 0.29) is 25.8 Å². The van der Waals surface area contributed by atoms with E-state index in [4.69, 9.17) is 0 Å². The Balaban J connectivity index is 0.000000268. The van der Waals surface area contributed by atoms with Gasteiger partial charge in [-0.1, -0.05) is 12.1 Å². The average molecular weight is 426 g/mol. The molecule has 1 heteroatoms. The molecule has 0 bridgehead atoms. The Morgan fingerprint density at radius 3 is 1.35 bits per heavy atom. The smallest absolute Gasteiger partial charge is 0 e. The zero-order chi connectivity index (χ0) is 13.8. The van der Waals surface area contributed by atoms with Crippen molar-refractivity contribution >= 4 is 0 Å². The third-order valence-corrected chi connectivity index (χ3v) is 2.27. The molecule has 0 saturated carbocycles. The van der Waals surface area contributed by atoms with Crippen LogP contribution in [-0.2, 0) is 25.8 Å². The van der Waals surface area contributed by atoms with E-state index in [2.05, 4.69) is 26.0 Å². The second kappa shape index (κ2) is 12.6. The van der Waals surface area contributed by atoms with Crippen LogP contribution in [0.25, 0.3) is 0 Å². The van der Waals surface area contributed by atoms with Gasteiger partial charge in [-0.15, -0.1) is 30.7 Å². The first-order valence-electron chi connectivity index (χ1n) is 6.25. The van der Waals surface area contributed by atoms with Crippen LogP contribution < -0.4 is 0 Å². The molecule has 0 nitrogen and oxygen atoms in total. The van der Waals surface area contributed by atoms with Crippen molar-refractivity contribution in [1.82, 2.24) is 0 Å². The van der Waals surface area contributed by atoms with Crippen LogP contribution in [-0.4, -0.2) is 0 Å². The molecule has 0 radical (unpaired) electrons. The summed E-state index contributed by atoms with van der Waals surface area (Å²) in [6, 6.07) is 19.7.